The van der Waals surface area contributed by atoms with E-state index in [0.717, 1.165) is 6.26 Å². The summed E-state index contributed by atoms with van der Waals surface area (Å²) in [7, 11) is -3.33. The molecule has 2 rings (SSSR count). The molecule has 18 heavy (non-hydrogen) atoms. The van der Waals surface area contributed by atoms with Crippen LogP contribution in [0.3, 0.4) is 0 Å². The van der Waals surface area contributed by atoms with Crippen molar-refractivity contribution in [3.8, 4) is 0 Å². The molecule has 1 atom stereocenters. The summed E-state index contributed by atoms with van der Waals surface area (Å²) in [5, 5.41) is 8.84. The lowest BCUT2D eigenvalue weighted by Gasteiger charge is -2.04. The number of fused-ring (bicyclic) bond motifs is 1. The Bertz CT molecular complexity index is 663. The highest BCUT2D eigenvalue weighted by Crippen LogP contribution is 2.23. The normalized spacial score (nSPS) is 13.9. The molecule has 7 heteroatoms. The number of aromatic amines is 1. The maximum atomic E-state index is 11.6. The number of aliphatic hydroxyl groups excluding tert-OH is 1. The van der Waals surface area contributed by atoms with Gasteiger partial charge in [0.1, 0.15) is 11.3 Å². The van der Waals surface area contributed by atoms with Gasteiger partial charge in [-0.15, -0.1) is 0 Å². The second kappa shape index (κ2) is 4.68. The Labute approximate surface area is 105 Å². The molecule has 0 radical (unpaired) electrons. The van der Waals surface area contributed by atoms with Gasteiger partial charge in [-0.2, -0.15) is 0 Å². The molecule has 0 aliphatic rings. The van der Waals surface area contributed by atoms with Crippen LogP contribution in [0.15, 0.2) is 23.1 Å². The monoisotopic (exact) mass is 269 g/mol. The van der Waals surface area contributed by atoms with E-state index in [2.05, 4.69) is 9.97 Å². The molecule has 0 fully saturated rings. The Hall–Kier alpha value is -1.44. The highest BCUT2D eigenvalue weighted by Gasteiger charge is 2.17. The predicted molar refractivity (Wildman–Crippen MR) is 67.8 cm³/mol. The Morgan fingerprint density at radius 2 is 2.22 bits per heavy atom. The van der Waals surface area contributed by atoms with Crippen LogP contribution in [0.5, 0.6) is 0 Å². The smallest absolute Gasteiger partial charge is 0.177 e. The van der Waals surface area contributed by atoms with Crippen LogP contribution in [-0.4, -0.2) is 36.4 Å². The lowest BCUT2D eigenvalue weighted by molar-refractivity contribution is 0.275. The van der Waals surface area contributed by atoms with Crippen molar-refractivity contribution in [2.45, 2.75) is 17.4 Å². The summed E-state index contributed by atoms with van der Waals surface area (Å²) >= 11 is 0. The largest absolute Gasteiger partial charge is 0.396 e. The first-order valence-electron chi connectivity index (χ1n) is 5.48. The standard InChI is InChI=1S/C11H15N3O3S/c1-18(16,17)9-4-2-3-8-10(9)14-11(13-8)7(12)5-6-15/h2-4,7,15H,5-6,12H2,1H3,(H,13,14). The first-order valence-corrected chi connectivity index (χ1v) is 7.37. The lowest BCUT2D eigenvalue weighted by atomic mass is 10.2. The fourth-order valence-corrected chi connectivity index (χ4v) is 2.61. The number of hydrogen-bond donors (Lipinski definition) is 3. The van der Waals surface area contributed by atoms with Crippen LogP contribution >= 0.6 is 0 Å². The summed E-state index contributed by atoms with van der Waals surface area (Å²) in [5.41, 5.74) is 6.84. The van der Waals surface area contributed by atoms with E-state index in [-0.39, 0.29) is 11.5 Å². The van der Waals surface area contributed by atoms with Gasteiger partial charge in [0.2, 0.25) is 0 Å². The highest BCUT2D eigenvalue weighted by molar-refractivity contribution is 7.91. The van der Waals surface area contributed by atoms with Crippen molar-refractivity contribution in [1.29, 1.82) is 0 Å². The van der Waals surface area contributed by atoms with Crippen molar-refractivity contribution >= 4 is 20.9 Å². The van der Waals surface area contributed by atoms with E-state index in [0.29, 0.717) is 23.3 Å². The molecule has 6 nitrogen and oxygen atoms in total. The second-order valence-electron chi connectivity index (χ2n) is 4.17. The first-order chi connectivity index (χ1) is 8.43. The van der Waals surface area contributed by atoms with E-state index in [1.165, 1.54) is 6.07 Å². The van der Waals surface area contributed by atoms with Crippen LogP contribution in [0.1, 0.15) is 18.3 Å². The molecule has 1 heterocycles. The van der Waals surface area contributed by atoms with E-state index in [4.69, 9.17) is 10.8 Å². The SMILES string of the molecule is CS(=O)(=O)c1cccc2[nH]c(C(N)CCO)nc12. The molecule has 0 saturated heterocycles. The number of sulfone groups is 1. The van der Waals surface area contributed by atoms with Crippen molar-refractivity contribution in [3.05, 3.63) is 24.0 Å². The molecule has 0 spiro atoms. The molecule has 1 aromatic carbocycles. The maximum absolute atomic E-state index is 11.6. The summed E-state index contributed by atoms with van der Waals surface area (Å²) in [4.78, 5) is 7.39. The zero-order chi connectivity index (χ0) is 13.3. The van der Waals surface area contributed by atoms with Gasteiger partial charge in [0.15, 0.2) is 9.84 Å². The van der Waals surface area contributed by atoms with Gasteiger partial charge in [0.25, 0.3) is 0 Å². The number of aliphatic hydroxyl groups is 1. The van der Waals surface area contributed by atoms with E-state index >= 15 is 0 Å². The van der Waals surface area contributed by atoms with Gasteiger partial charge in [-0.25, -0.2) is 13.4 Å². The summed E-state index contributed by atoms with van der Waals surface area (Å²) in [5.74, 6) is 0.482. The number of para-hydroxylation sites is 1. The Kier molecular flexibility index (Phi) is 3.38. The third kappa shape index (κ3) is 2.38. The molecule has 0 aliphatic heterocycles. The molecule has 98 valence electrons. The number of imidazole rings is 1. The van der Waals surface area contributed by atoms with Crippen LogP contribution in [-0.2, 0) is 9.84 Å². The molecule has 1 aromatic heterocycles. The number of aromatic nitrogens is 2. The molecule has 0 amide bonds. The van der Waals surface area contributed by atoms with Crippen LogP contribution in [0.4, 0.5) is 0 Å². The third-order valence-corrected chi connectivity index (χ3v) is 3.81. The van der Waals surface area contributed by atoms with Gasteiger partial charge >= 0.3 is 0 Å². The van der Waals surface area contributed by atoms with Gasteiger partial charge in [0, 0.05) is 12.9 Å². The molecule has 2 aromatic rings. The van der Waals surface area contributed by atoms with E-state index < -0.39 is 15.9 Å². The van der Waals surface area contributed by atoms with Crippen LogP contribution in [0.25, 0.3) is 11.0 Å². The number of H-pyrrole nitrogens is 1. The molecule has 1 unspecified atom stereocenters. The van der Waals surface area contributed by atoms with Gasteiger partial charge in [-0.3, -0.25) is 0 Å². The highest BCUT2D eigenvalue weighted by atomic mass is 32.2. The average molecular weight is 269 g/mol. The molecule has 4 N–H and O–H groups in total. The second-order valence-corrected chi connectivity index (χ2v) is 6.15. The first kappa shape index (κ1) is 13.0. The van der Waals surface area contributed by atoms with Crippen molar-refractivity contribution in [3.63, 3.8) is 0 Å². The summed E-state index contributed by atoms with van der Waals surface area (Å²) in [6.07, 6.45) is 1.51. The van der Waals surface area contributed by atoms with Gasteiger partial charge < -0.3 is 15.8 Å². The molecular formula is C11H15N3O3S. The minimum Gasteiger partial charge on any atom is -0.396 e. The van der Waals surface area contributed by atoms with Gasteiger partial charge in [0.05, 0.1) is 16.5 Å². The average Bonchev–Trinajstić information content (AvgIpc) is 2.71. The lowest BCUT2D eigenvalue weighted by Crippen LogP contribution is -2.13. The van der Waals surface area contributed by atoms with Crippen molar-refractivity contribution in [2.24, 2.45) is 5.73 Å². The minimum atomic E-state index is -3.33. The topological polar surface area (TPSA) is 109 Å². The Balaban J connectivity index is 2.58. The zero-order valence-corrected chi connectivity index (χ0v) is 10.7. The predicted octanol–water partition coefficient (Wildman–Crippen LogP) is 0.349. The Morgan fingerprint density at radius 1 is 1.50 bits per heavy atom. The van der Waals surface area contributed by atoms with E-state index in [1.807, 2.05) is 0 Å². The fourth-order valence-electron chi connectivity index (χ4n) is 1.78. The number of hydrogen-bond acceptors (Lipinski definition) is 5. The number of nitrogens with zero attached hydrogens (tertiary/aromatic N) is 1. The summed E-state index contributed by atoms with van der Waals surface area (Å²) in [6.45, 7) is -0.0445. The number of rotatable bonds is 4. The third-order valence-electron chi connectivity index (χ3n) is 2.68. The van der Waals surface area contributed by atoms with Gasteiger partial charge in [-0.1, -0.05) is 6.07 Å². The van der Waals surface area contributed by atoms with Crippen LogP contribution < -0.4 is 5.73 Å². The van der Waals surface area contributed by atoms with Crippen molar-refractivity contribution in [1.82, 2.24) is 9.97 Å². The molecular weight excluding hydrogens is 254 g/mol. The van der Waals surface area contributed by atoms with Crippen LogP contribution in [0, 0.1) is 0 Å². The number of nitrogens with one attached hydrogen (secondary N) is 1. The minimum absolute atomic E-state index is 0.0445. The number of benzene rings is 1. The van der Waals surface area contributed by atoms with E-state index in [9.17, 15) is 8.42 Å². The van der Waals surface area contributed by atoms with E-state index in [1.54, 1.807) is 12.1 Å². The van der Waals surface area contributed by atoms with Gasteiger partial charge in [-0.05, 0) is 18.6 Å². The Morgan fingerprint density at radius 3 is 2.83 bits per heavy atom. The summed E-state index contributed by atoms with van der Waals surface area (Å²) in [6, 6.07) is 4.47. The van der Waals surface area contributed by atoms with Crippen molar-refractivity contribution in [2.75, 3.05) is 12.9 Å². The van der Waals surface area contributed by atoms with Crippen LogP contribution in [0.2, 0.25) is 0 Å². The molecule has 0 saturated carbocycles. The maximum Gasteiger partial charge on any atom is 0.177 e. The molecule has 0 bridgehead atoms. The quantitative estimate of drug-likeness (QED) is 0.742. The number of nitrogens with two attached hydrogens (primary N) is 1. The summed E-state index contributed by atoms with van der Waals surface area (Å²) < 4.78 is 23.3. The fraction of sp³-hybridized carbons (Fsp3) is 0.364. The zero-order valence-electron chi connectivity index (χ0n) is 9.92. The van der Waals surface area contributed by atoms with Crippen molar-refractivity contribution < 1.29 is 13.5 Å². The molecule has 0 aliphatic carbocycles.